The molecule has 0 aromatic carbocycles. The van der Waals surface area contributed by atoms with Gasteiger partial charge in [-0.25, -0.2) is 9.59 Å². The maximum Gasteiger partial charge on any atom is 0.342 e. The number of thiol groups is 1. The number of hydrogen-bond acceptors (Lipinski definition) is 4. The third-order valence-corrected chi connectivity index (χ3v) is 0.632. The minimum Gasteiger partial charge on any atom is -0.478 e. The van der Waals surface area contributed by atoms with Gasteiger partial charge in [-0.2, -0.15) is 0 Å². The monoisotopic (exact) mass is 148 g/mol. The largest absolute Gasteiger partial charge is 0.478 e. The molecule has 0 saturated carbocycles. The van der Waals surface area contributed by atoms with Gasteiger partial charge in [0.15, 0.2) is 0 Å². The number of carboxylic acids is 1. The zero-order valence-electron chi connectivity index (χ0n) is 4.27. The van der Waals surface area contributed by atoms with Crippen molar-refractivity contribution in [3.05, 3.63) is 12.2 Å². The van der Waals surface area contributed by atoms with Gasteiger partial charge in [0, 0.05) is 25.1 Å². The van der Waals surface area contributed by atoms with Crippen LogP contribution in [0, 0.1) is 0 Å². The van der Waals surface area contributed by atoms with E-state index in [1.54, 1.807) is 0 Å². The molecule has 0 aliphatic heterocycles. The molecular formula is C4H4O4S. The van der Waals surface area contributed by atoms with Crippen LogP contribution in [0.25, 0.3) is 0 Å². The summed E-state index contributed by atoms with van der Waals surface area (Å²) in [6.45, 7) is 0. The van der Waals surface area contributed by atoms with Crippen molar-refractivity contribution in [3.63, 3.8) is 0 Å². The van der Waals surface area contributed by atoms with E-state index < -0.39 is 11.9 Å². The van der Waals surface area contributed by atoms with E-state index in [9.17, 15) is 9.59 Å². The van der Waals surface area contributed by atoms with Gasteiger partial charge in [-0.15, -0.1) is 0 Å². The Labute approximate surface area is 56.7 Å². The highest BCUT2D eigenvalue weighted by molar-refractivity contribution is 7.75. The average molecular weight is 148 g/mol. The van der Waals surface area contributed by atoms with Crippen LogP contribution in [0.1, 0.15) is 0 Å². The number of rotatable bonds is 2. The highest BCUT2D eigenvalue weighted by Gasteiger charge is 1.92. The Hall–Kier alpha value is -0.970. The molecule has 0 radical (unpaired) electrons. The fourth-order valence-corrected chi connectivity index (χ4v) is 0.231. The molecule has 0 saturated heterocycles. The zero-order chi connectivity index (χ0) is 7.28. The van der Waals surface area contributed by atoms with Crippen LogP contribution in [0.5, 0.6) is 0 Å². The van der Waals surface area contributed by atoms with Crippen LogP contribution >= 0.6 is 12.9 Å². The van der Waals surface area contributed by atoms with Crippen LogP contribution in [-0.4, -0.2) is 17.0 Å². The quantitative estimate of drug-likeness (QED) is 0.329. The first kappa shape index (κ1) is 8.03. The lowest BCUT2D eigenvalue weighted by Gasteiger charge is -1.83. The van der Waals surface area contributed by atoms with Crippen LogP contribution in [0.2, 0.25) is 0 Å². The summed E-state index contributed by atoms with van der Waals surface area (Å²) in [5.41, 5.74) is 0. The van der Waals surface area contributed by atoms with Crippen molar-refractivity contribution >= 4 is 24.8 Å². The first-order valence-corrected chi connectivity index (χ1v) is 2.29. The molecule has 0 aromatic rings. The van der Waals surface area contributed by atoms with E-state index in [2.05, 4.69) is 17.1 Å². The Morgan fingerprint density at radius 1 is 1.44 bits per heavy atom. The molecule has 0 bridgehead atoms. The Morgan fingerprint density at radius 3 is 2.33 bits per heavy atom. The molecule has 4 nitrogen and oxygen atoms in total. The Kier molecular flexibility index (Phi) is 3.54. The molecule has 0 aliphatic rings. The maximum absolute atomic E-state index is 10.1. The number of carboxylic acid groups (broad SMARTS) is 1. The summed E-state index contributed by atoms with van der Waals surface area (Å²) in [5.74, 6) is -2.01. The molecule has 0 spiro atoms. The lowest BCUT2D eigenvalue weighted by Crippen LogP contribution is -1.93. The van der Waals surface area contributed by atoms with Gasteiger partial charge < -0.3 is 9.29 Å². The van der Waals surface area contributed by atoms with Crippen LogP contribution in [-0.2, 0) is 13.8 Å². The molecule has 0 rings (SSSR count). The predicted molar refractivity (Wildman–Crippen MR) is 31.9 cm³/mol. The van der Waals surface area contributed by atoms with Gasteiger partial charge in [0.25, 0.3) is 0 Å². The zero-order valence-corrected chi connectivity index (χ0v) is 5.17. The molecule has 0 aromatic heterocycles. The Balaban J connectivity index is 3.71. The summed E-state index contributed by atoms with van der Waals surface area (Å²) in [7, 11) is 0. The van der Waals surface area contributed by atoms with Crippen LogP contribution in [0.15, 0.2) is 12.2 Å². The summed E-state index contributed by atoms with van der Waals surface area (Å²) in [6.07, 6.45) is 1.42. The summed E-state index contributed by atoms with van der Waals surface area (Å²) in [5, 5.41) is 7.94. The smallest absolute Gasteiger partial charge is 0.342 e. The maximum atomic E-state index is 10.1. The Bertz CT molecular complexity index is 151. The second kappa shape index (κ2) is 3.96. The predicted octanol–water partition coefficient (Wildman–Crippen LogP) is 0.0152. The number of carbonyl (C=O) groups excluding carboxylic acids is 1. The first-order valence-electron chi connectivity index (χ1n) is 1.93. The normalized spacial score (nSPS) is 9.44. The molecule has 50 valence electrons. The van der Waals surface area contributed by atoms with Gasteiger partial charge in [-0.3, -0.25) is 0 Å². The number of aliphatic carboxylic acids is 1. The van der Waals surface area contributed by atoms with Crippen molar-refractivity contribution in [2.45, 2.75) is 0 Å². The van der Waals surface area contributed by atoms with E-state index in [1.165, 1.54) is 0 Å². The molecule has 0 fully saturated rings. The van der Waals surface area contributed by atoms with Gasteiger partial charge in [0.05, 0.1) is 0 Å². The van der Waals surface area contributed by atoms with Gasteiger partial charge in [-0.05, 0) is 0 Å². The number of carbonyl (C=O) groups is 2. The van der Waals surface area contributed by atoms with Crippen LogP contribution < -0.4 is 0 Å². The second-order valence-electron chi connectivity index (χ2n) is 1.08. The van der Waals surface area contributed by atoms with Crippen molar-refractivity contribution in [2.24, 2.45) is 0 Å². The Morgan fingerprint density at radius 2 is 2.00 bits per heavy atom. The second-order valence-corrected chi connectivity index (χ2v) is 1.26. The van der Waals surface area contributed by atoms with E-state index in [-0.39, 0.29) is 0 Å². The van der Waals surface area contributed by atoms with E-state index in [4.69, 9.17) is 5.11 Å². The lowest BCUT2D eigenvalue weighted by molar-refractivity contribution is -0.132. The molecule has 0 heterocycles. The van der Waals surface area contributed by atoms with Crippen molar-refractivity contribution in [2.75, 3.05) is 0 Å². The molecule has 0 aliphatic carbocycles. The number of hydrogen-bond donors (Lipinski definition) is 2. The third-order valence-electron chi connectivity index (χ3n) is 0.452. The molecule has 0 atom stereocenters. The summed E-state index contributed by atoms with van der Waals surface area (Å²) < 4.78 is 3.81. The minimum atomic E-state index is -1.20. The van der Waals surface area contributed by atoms with E-state index in [0.29, 0.717) is 6.08 Å². The standard InChI is InChI=1S/C4H4O4S/c5-3(6)1-2-4(7)8-9/h1-2,9H,(H,5,6)/b2-1-. The highest BCUT2D eigenvalue weighted by Crippen LogP contribution is 1.83. The molecule has 0 amide bonds. The van der Waals surface area contributed by atoms with Gasteiger partial charge in [0.1, 0.15) is 0 Å². The third kappa shape index (κ3) is 4.89. The fourth-order valence-electron chi connectivity index (χ4n) is 0.170. The SMILES string of the molecule is O=C(O)/C=C\C(=O)OS. The van der Waals surface area contributed by atoms with Crippen LogP contribution in [0.3, 0.4) is 0 Å². The van der Waals surface area contributed by atoms with E-state index in [1.807, 2.05) is 0 Å². The summed E-state index contributed by atoms with van der Waals surface area (Å²) in [4.78, 5) is 19.8. The van der Waals surface area contributed by atoms with Crippen molar-refractivity contribution in [1.82, 2.24) is 0 Å². The van der Waals surface area contributed by atoms with E-state index in [0.717, 1.165) is 6.08 Å². The van der Waals surface area contributed by atoms with Crippen molar-refractivity contribution < 1.29 is 18.9 Å². The van der Waals surface area contributed by atoms with Crippen LogP contribution in [0.4, 0.5) is 0 Å². The van der Waals surface area contributed by atoms with Crippen molar-refractivity contribution in [3.8, 4) is 0 Å². The van der Waals surface area contributed by atoms with Gasteiger partial charge in [0.2, 0.25) is 0 Å². The van der Waals surface area contributed by atoms with Gasteiger partial charge in [-0.1, -0.05) is 0 Å². The molecule has 5 heteroatoms. The summed E-state index contributed by atoms with van der Waals surface area (Å²) >= 11 is 3.12. The molecular weight excluding hydrogens is 144 g/mol. The molecule has 1 N–H and O–H groups in total. The van der Waals surface area contributed by atoms with E-state index >= 15 is 0 Å². The minimum absolute atomic E-state index is 0.665. The fraction of sp³-hybridized carbons (Fsp3) is 0. The van der Waals surface area contributed by atoms with Crippen molar-refractivity contribution in [1.29, 1.82) is 0 Å². The van der Waals surface area contributed by atoms with Gasteiger partial charge >= 0.3 is 11.9 Å². The topological polar surface area (TPSA) is 63.6 Å². The highest BCUT2D eigenvalue weighted by atomic mass is 32.1. The molecule has 0 unspecified atom stereocenters. The molecule has 9 heavy (non-hydrogen) atoms. The average Bonchev–Trinajstić information content (AvgIpc) is 1.83. The lowest BCUT2D eigenvalue weighted by atomic mass is 10.5. The first-order chi connectivity index (χ1) is 4.16. The summed E-state index contributed by atoms with van der Waals surface area (Å²) in [6, 6.07) is 0.